The second-order valence-corrected chi connectivity index (χ2v) is 4.69. The van der Waals surface area contributed by atoms with Crippen molar-refractivity contribution in [2.45, 2.75) is 39.0 Å². The van der Waals surface area contributed by atoms with Gasteiger partial charge in [0, 0.05) is 25.2 Å². The third-order valence-corrected chi connectivity index (χ3v) is 2.69. The molecule has 16 heavy (non-hydrogen) atoms. The van der Waals surface area contributed by atoms with Crippen LogP contribution in [0.4, 0.5) is 0 Å². The van der Waals surface area contributed by atoms with Crippen molar-refractivity contribution < 1.29 is 9.53 Å². The summed E-state index contributed by atoms with van der Waals surface area (Å²) in [6.07, 6.45) is 0.0584. The quantitative estimate of drug-likeness (QED) is 0.686. The zero-order chi connectivity index (χ0) is 12.1. The molecule has 0 bridgehead atoms. The molecule has 1 aliphatic rings. The number of nitrogens with one attached hydrogen (secondary N) is 1. The molecule has 2 atom stereocenters. The molecule has 94 valence electrons. The van der Waals surface area contributed by atoms with Gasteiger partial charge >= 0.3 is 0 Å². The molecule has 0 aliphatic carbocycles. The van der Waals surface area contributed by atoms with E-state index in [1.54, 1.807) is 0 Å². The molecule has 0 radical (unpaired) electrons. The van der Waals surface area contributed by atoms with E-state index < -0.39 is 0 Å². The van der Waals surface area contributed by atoms with Crippen LogP contribution in [0, 0.1) is 0 Å². The minimum atomic E-state index is 0.0584. The predicted molar refractivity (Wildman–Crippen MR) is 63.1 cm³/mol. The van der Waals surface area contributed by atoms with Crippen molar-refractivity contribution in [1.29, 1.82) is 0 Å². The fourth-order valence-electron chi connectivity index (χ4n) is 1.79. The zero-order valence-corrected chi connectivity index (χ0v) is 10.4. The molecule has 2 unspecified atom stereocenters. The van der Waals surface area contributed by atoms with Gasteiger partial charge in [-0.2, -0.15) is 0 Å². The molecule has 0 aromatic heterocycles. The van der Waals surface area contributed by atoms with Crippen LogP contribution in [0.3, 0.4) is 0 Å². The lowest BCUT2D eigenvalue weighted by Crippen LogP contribution is -2.53. The molecule has 0 aromatic rings. The topological polar surface area (TPSA) is 67.6 Å². The van der Waals surface area contributed by atoms with E-state index in [-0.39, 0.29) is 24.1 Å². The highest BCUT2D eigenvalue weighted by Crippen LogP contribution is 2.10. The predicted octanol–water partition coefficient (Wildman–Crippen LogP) is -0.441. The summed E-state index contributed by atoms with van der Waals surface area (Å²) in [6, 6.07) is 0.467. The summed E-state index contributed by atoms with van der Waals surface area (Å²) in [7, 11) is 0. The number of carbonyl (C=O) groups is 1. The van der Waals surface area contributed by atoms with Crippen LogP contribution in [0.25, 0.3) is 0 Å². The number of nitrogens with zero attached hydrogens (tertiary/aromatic N) is 1. The summed E-state index contributed by atoms with van der Waals surface area (Å²) in [6.45, 7) is 8.32. The van der Waals surface area contributed by atoms with Gasteiger partial charge in [-0.15, -0.1) is 0 Å². The molecule has 1 aliphatic heterocycles. The van der Waals surface area contributed by atoms with Crippen LogP contribution >= 0.6 is 0 Å². The van der Waals surface area contributed by atoms with Crippen LogP contribution in [-0.4, -0.2) is 55.2 Å². The Labute approximate surface area is 97.3 Å². The third-order valence-electron chi connectivity index (χ3n) is 2.69. The first-order chi connectivity index (χ1) is 7.52. The number of hydrogen-bond donors (Lipinski definition) is 2. The average Bonchev–Trinajstić information content (AvgIpc) is 2.20. The molecule has 5 heteroatoms. The number of carbonyl (C=O) groups excluding carboxylic acids is 1. The van der Waals surface area contributed by atoms with Crippen LogP contribution in [0.15, 0.2) is 0 Å². The van der Waals surface area contributed by atoms with Crippen LogP contribution < -0.4 is 11.1 Å². The Morgan fingerprint density at radius 3 is 2.88 bits per heavy atom. The first kappa shape index (κ1) is 13.4. The molecule has 1 heterocycles. The van der Waals surface area contributed by atoms with Gasteiger partial charge in [0.05, 0.1) is 19.3 Å². The highest BCUT2D eigenvalue weighted by atomic mass is 16.5. The normalized spacial score (nSPS) is 27.1. The SMILES string of the molecule is CC(C)NC(=O)CN1CC(CN)OCC1C. The van der Waals surface area contributed by atoms with Crippen LogP contribution in [-0.2, 0) is 9.53 Å². The monoisotopic (exact) mass is 229 g/mol. The second-order valence-electron chi connectivity index (χ2n) is 4.69. The molecule has 1 saturated heterocycles. The zero-order valence-electron chi connectivity index (χ0n) is 10.4. The van der Waals surface area contributed by atoms with E-state index in [4.69, 9.17) is 10.5 Å². The largest absolute Gasteiger partial charge is 0.374 e. The Hall–Kier alpha value is -0.650. The van der Waals surface area contributed by atoms with Crippen molar-refractivity contribution in [3.63, 3.8) is 0 Å². The lowest BCUT2D eigenvalue weighted by molar-refractivity contribution is -0.126. The van der Waals surface area contributed by atoms with E-state index >= 15 is 0 Å². The highest BCUT2D eigenvalue weighted by molar-refractivity contribution is 5.78. The molecule has 3 N–H and O–H groups in total. The summed E-state index contributed by atoms with van der Waals surface area (Å²) >= 11 is 0. The van der Waals surface area contributed by atoms with Gasteiger partial charge < -0.3 is 15.8 Å². The van der Waals surface area contributed by atoms with Crippen molar-refractivity contribution in [1.82, 2.24) is 10.2 Å². The van der Waals surface area contributed by atoms with E-state index in [1.165, 1.54) is 0 Å². The Bertz CT molecular complexity index is 233. The number of rotatable bonds is 4. The number of hydrogen-bond acceptors (Lipinski definition) is 4. The van der Waals surface area contributed by atoms with Crippen molar-refractivity contribution in [2.75, 3.05) is 26.2 Å². The number of nitrogens with two attached hydrogens (primary N) is 1. The first-order valence-corrected chi connectivity index (χ1v) is 5.88. The molecule has 1 rings (SSSR count). The lowest BCUT2D eigenvalue weighted by atomic mass is 10.2. The lowest BCUT2D eigenvalue weighted by Gasteiger charge is -2.37. The number of morpholine rings is 1. The molecule has 0 spiro atoms. The second kappa shape index (κ2) is 6.18. The maximum Gasteiger partial charge on any atom is 0.234 e. The van der Waals surface area contributed by atoms with Crippen molar-refractivity contribution in [2.24, 2.45) is 5.73 Å². The van der Waals surface area contributed by atoms with Crippen molar-refractivity contribution in [3.8, 4) is 0 Å². The Morgan fingerprint density at radius 1 is 1.62 bits per heavy atom. The van der Waals surface area contributed by atoms with Crippen LogP contribution in [0.5, 0.6) is 0 Å². The Balaban J connectivity index is 2.41. The fourth-order valence-corrected chi connectivity index (χ4v) is 1.79. The third kappa shape index (κ3) is 4.08. The van der Waals surface area contributed by atoms with E-state index in [9.17, 15) is 4.79 Å². The maximum absolute atomic E-state index is 11.6. The summed E-state index contributed by atoms with van der Waals surface area (Å²) in [5.41, 5.74) is 5.57. The van der Waals surface area contributed by atoms with Gasteiger partial charge in [-0.05, 0) is 20.8 Å². The molecule has 0 saturated carbocycles. The summed E-state index contributed by atoms with van der Waals surface area (Å²) < 4.78 is 5.53. The molecule has 1 amide bonds. The average molecular weight is 229 g/mol. The van der Waals surface area contributed by atoms with Crippen molar-refractivity contribution in [3.05, 3.63) is 0 Å². The van der Waals surface area contributed by atoms with Gasteiger partial charge in [0.25, 0.3) is 0 Å². The Morgan fingerprint density at radius 2 is 2.31 bits per heavy atom. The van der Waals surface area contributed by atoms with Crippen LogP contribution in [0.1, 0.15) is 20.8 Å². The fraction of sp³-hybridized carbons (Fsp3) is 0.909. The van der Waals surface area contributed by atoms with Gasteiger partial charge in [-0.3, -0.25) is 9.69 Å². The highest BCUT2D eigenvalue weighted by Gasteiger charge is 2.26. The van der Waals surface area contributed by atoms with Gasteiger partial charge in [0.15, 0.2) is 0 Å². The van der Waals surface area contributed by atoms with E-state index in [1.807, 2.05) is 13.8 Å². The molecule has 5 nitrogen and oxygen atoms in total. The van der Waals surface area contributed by atoms with Gasteiger partial charge in [-0.25, -0.2) is 0 Å². The smallest absolute Gasteiger partial charge is 0.234 e. The van der Waals surface area contributed by atoms with Crippen molar-refractivity contribution >= 4 is 5.91 Å². The van der Waals surface area contributed by atoms with Gasteiger partial charge in [0.1, 0.15) is 0 Å². The summed E-state index contributed by atoms with van der Waals surface area (Å²) in [4.78, 5) is 13.8. The molecule has 0 aromatic carbocycles. The van der Waals surface area contributed by atoms with E-state index in [0.717, 1.165) is 6.54 Å². The van der Waals surface area contributed by atoms with Gasteiger partial charge in [0.2, 0.25) is 5.91 Å². The first-order valence-electron chi connectivity index (χ1n) is 5.88. The minimum absolute atomic E-state index is 0.0584. The number of ether oxygens (including phenoxy) is 1. The van der Waals surface area contributed by atoms with E-state index in [2.05, 4.69) is 17.1 Å². The minimum Gasteiger partial charge on any atom is -0.374 e. The Kier molecular flexibility index (Phi) is 5.18. The standard InChI is InChI=1S/C11H23N3O2/c1-8(2)13-11(15)6-14-5-10(4-12)16-7-9(14)3/h8-10H,4-7,12H2,1-3H3,(H,13,15). The van der Waals surface area contributed by atoms with Gasteiger partial charge in [-0.1, -0.05) is 0 Å². The summed E-state index contributed by atoms with van der Waals surface area (Å²) in [5.74, 6) is 0.0690. The van der Waals surface area contributed by atoms with E-state index in [0.29, 0.717) is 19.7 Å². The molecular weight excluding hydrogens is 206 g/mol. The van der Waals surface area contributed by atoms with Crippen LogP contribution in [0.2, 0.25) is 0 Å². The molecule has 1 fully saturated rings. The summed E-state index contributed by atoms with van der Waals surface area (Å²) in [5, 5.41) is 2.89. The number of amides is 1. The maximum atomic E-state index is 11.6. The molecular formula is C11H23N3O2.